The van der Waals surface area contributed by atoms with E-state index in [9.17, 15) is 5.11 Å². The first-order chi connectivity index (χ1) is 12.8. The number of hydrogen-bond acceptors (Lipinski definition) is 5. The van der Waals surface area contributed by atoms with Gasteiger partial charge in [0.1, 0.15) is 24.2 Å². The van der Waals surface area contributed by atoms with Gasteiger partial charge in [-0.25, -0.2) is 0 Å². The summed E-state index contributed by atoms with van der Waals surface area (Å²) in [5.41, 5.74) is 0. The van der Waals surface area contributed by atoms with Crippen LogP contribution in [0.5, 0.6) is 11.5 Å². The molecule has 3 aromatic rings. The van der Waals surface area contributed by atoms with Crippen LogP contribution in [0.2, 0.25) is 0 Å². The number of phenols is 1. The Morgan fingerprint density at radius 3 is 1.96 bits per heavy atom. The average molecular weight is 354 g/mol. The van der Waals surface area contributed by atoms with Crippen molar-refractivity contribution in [1.29, 1.82) is 0 Å². The fourth-order valence-corrected chi connectivity index (χ4v) is 3.02. The number of hydrogen-bond donors (Lipinski definition) is 1. The number of phenolic OH excluding ortho intramolecular Hbond substituents is 1. The molecule has 26 heavy (non-hydrogen) atoms. The van der Waals surface area contributed by atoms with Crippen molar-refractivity contribution in [3.63, 3.8) is 0 Å². The van der Waals surface area contributed by atoms with Gasteiger partial charge in [0, 0.05) is 21.5 Å². The summed E-state index contributed by atoms with van der Waals surface area (Å²) in [6.45, 7) is 3.46. The second-order valence-electron chi connectivity index (χ2n) is 6.26. The van der Waals surface area contributed by atoms with Gasteiger partial charge in [-0.3, -0.25) is 0 Å². The van der Waals surface area contributed by atoms with Gasteiger partial charge >= 0.3 is 0 Å². The second-order valence-corrected chi connectivity index (χ2v) is 6.26. The van der Waals surface area contributed by atoms with E-state index in [-0.39, 0.29) is 11.9 Å². The highest BCUT2D eigenvalue weighted by Crippen LogP contribution is 2.41. The molecular formula is C21H22O5. The molecular weight excluding hydrogens is 332 g/mol. The van der Waals surface area contributed by atoms with Crippen molar-refractivity contribution >= 4 is 21.5 Å². The fourth-order valence-electron chi connectivity index (χ4n) is 3.02. The van der Waals surface area contributed by atoms with E-state index < -0.39 is 0 Å². The van der Waals surface area contributed by atoms with Crippen LogP contribution in [-0.2, 0) is 14.2 Å². The van der Waals surface area contributed by atoms with Crippen LogP contribution in [0, 0.1) is 0 Å². The van der Waals surface area contributed by atoms with Crippen LogP contribution in [0.25, 0.3) is 21.5 Å². The third-order valence-corrected chi connectivity index (χ3v) is 4.41. The van der Waals surface area contributed by atoms with Gasteiger partial charge in [0.2, 0.25) is 0 Å². The minimum absolute atomic E-state index is 0.286. The summed E-state index contributed by atoms with van der Waals surface area (Å²) in [4.78, 5) is 0. The van der Waals surface area contributed by atoms with E-state index in [1.165, 1.54) is 0 Å². The lowest BCUT2D eigenvalue weighted by molar-refractivity contribution is 0.0320. The Morgan fingerprint density at radius 1 is 0.808 bits per heavy atom. The predicted octanol–water partition coefficient (Wildman–Crippen LogP) is 3.51. The van der Waals surface area contributed by atoms with E-state index >= 15 is 0 Å². The van der Waals surface area contributed by atoms with Crippen molar-refractivity contribution in [1.82, 2.24) is 0 Å². The van der Waals surface area contributed by atoms with Gasteiger partial charge in [0.25, 0.3) is 0 Å². The van der Waals surface area contributed by atoms with Crippen LogP contribution < -0.4 is 4.74 Å². The number of fused-ring (bicyclic) bond motifs is 2. The number of ether oxygens (including phenoxy) is 4. The Bertz CT molecular complexity index is 831. The van der Waals surface area contributed by atoms with Crippen molar-refractivity contribution in [3.8, 4) is 11.5 Å². The molecule has 4 rings (SSSR count). The largest absolute Gasteiger partial charge is 0.507 e. The molecule has 1 unspecified atom stereocenters. The quantitative estimate of drug-likeness (QED) is 0.362. The third kappa shape index (κ3) is 3.75. The van der Waals surface area contributed by atoms with Crippen LogP contribution in [0.3, 0.4) is 0 Å². The molecule has 0 bridgehead atoms. The van der Waals surface area contributed by atoms with Crippen LogP contribution in [0.4, 0.5) is 0 Å². The zero-order chi connectivity index (χ0) is 17.8. The molecule has 1 aliphatic heterocycles. The van der Waals surface area contributed by atoms with Gasteiger partial charge in [-0.1, -0.05) is 48.5 Å². The smallest absolute Gasteiger partial charge is 0.135 e. The topological polar surface area (TPSA) is 60.5 Å². The van der Waals surface area contributed by atoms with Crippen molar-refractivity contribution in [2.45, 2.75) is 6.10 Å². The first-order valence-corrected chi connectivity index (χ1v) is 8.87. The molecule has 1 atom stereocenters. The van der Waals surface area contributed by atoms with Crippen molar-refractivity contribution < 1.29 is 24.1 Å². The van der Waals surface area contributed by atoms with Crippen molar-refractivity contribution in [3.05, 3.63) is 48.5 Å². The predicted molar refractivity (Wildman–Crippen MR) is 100.0 cm³/mol. The van der Waals surface area contributed by atoms with Crippen LogP contribution >= 0.6 is 0 Å². The maximum atomic E-state index is 10.6. The molecule has 1 aliphatic rings. The Kier molecular flexibility index (Phi) is 5.20. The van der Waals surface area contributed by atoms with Crippen LogP contribution in [-0.4, -0.2) is 50.9 Å². The molecule has 0 saturated carbocycles. The zero-order valence-electron chi connectivity index (χ0n) is 14.5. The summed E-state index contributed by atoms with van der Waals surface area (Å²) >= 11 is 0. The van der Waals surface area contributed by atoms with Gasteiger partial charge in [0.15, 0.2) is 0 Å². The van der Waals surface area contributed by atoms with E-state index in [0.29, 0.717) is 33.0 Å². The normalized spacial score (nSPS) is 16.2. The van der Waals surface area contributed by atoms with Gasteiger partial charge in [-0.2, -0.15) is 0 Å². The van der Waals surface area contributed by atoms with Crippen molar-refractivity contribution in [2.24, 2.45) is 0 Å². The SMILES string of the molecule is Oc1c2ccccc2c(OCCOCCOCC2CO2)c2ccccc12. The van der Waals surface area contributed by atoms with E-state index in [4.69, 9.17) is 18.9 Å². The third-order valence-electron chi connectivity index (χ3n) is 4.41. The molecule has 5 nitrogen and oxygen atoms in total. The minimum atomic E-state index is 0.286. The summed E-state index contributed by atoms with van der Waals surface area (Å²) in [7, 11) is 0. The molecule has 1 N–H and O–H groups in total. The van der Waals surface area contributed by atoms with E-state index in [2.05, 4.69) is 0 Å². The molecule has 0 aliphatic carbocycles. The Balaban J connectivity index is 1.41. The fraction of sp³-hybridized carbons (Fsp3) is 0.333. The molecule has 136 valence electrons. The second kappa shape index (κ2) is 7.91. The van der Waals surface area contributed by atoms with E-state index in [1.807, 2.05) is 48.5 Å². The van der Waals surface area contributed by atoms with Gasteiger partial charge in [-0.15, -0.1) is 0 Å². The summed E-state index contributed by atoms with van der Waals surface area (Å²) in [5.74, 6) is 1.07. The van der Waals surface area contributed by atoms with E-state index in [1.54, 1.807) is 0 Å². The van der Waals surface area contributed by atoms with Gasteiger partial charge in [-0.05, 0) is 0 Å². The van der Waals surface area contributed by atoms with Gasteiger partial charge in [0.05, 0.1) is 33.0 Å². The van der Waals surface area contributed by atoms with Crippen LogP contribution in [0.15, 0.2) is 48.5 Å². The average Bonchev–Trinajstić information content (AvgIpc) is 3.50. The Hall–Kier alpha value is -2.34. The molecule has 1 saturated heterocycles. The molecule has 0 radical (unpaired) electrons. The number of benzene rings is 3. The number of aromatic hydroxyl groups is 1. The molecule has 1 fully saturated rings. The highest BCUT2D eigenvalue weighted by molar-refractivity contribution is 6.10. The zero-order valence-corrected chi connectivity index (χ0v) is 14.5. The molecule has 0 spiro atoms. The Labute approximate surface area is 152 Å². The minimum Gasteiger partial charge on any atom is -0.507 e. The molecule has 1 heterocycles. The summed E-state index contributed by atoms with van der Waals surface area (Å²) < 4.78 is 22.1. The summed E-state index contributed by atoms with van der Waals surface area (Å²) in [6, 6.07) is 15.5. The maximum Gasteiger partial charge on any atom is 0.135 e. The highest BCUT2D eigenvalue weighted by atomic mass is 16.6. The lowest BCUT2D eigenvalue weighted by atomic mass is 10.0. The monoisotopic (exact) mass is 354 g/mol. The standard InChI is InChI=1S/C21H22O5/c22-20-16-5-1-3-7-18(16)21(19-8-4-2-6-17(19)20)25-12-11-23-9-10-24-13-15-14-26-15/h1-8,15,22H,9-14H2. The van der Waals surface area contributed by atoms with Gasteiger partial charge < -0.3 is 24.1 Å². The highest BCUT2D eigenvalue weighted by Gasteiger charge is 2.22. The lowest BCUT2D eigenvalue weighted by Gasteiger charge is -2.15. The molecule has 5 heteroatoms. The Morgan fingerprint density at radius 2 is 1.35 bits per heavy atom. The number of epoxide rings is 1. The number of rotatable bonds is 9. The molecule has 0 aromatic heterocycles. The first-order valence-electron chi connectivity index (χ1n) is 8.87. The van der Waals surface area contributed by atoms with Crippen LogP contribution in [0.1, 0.15) is 0 Å². The van der Waals surface area contributed by atoms with E-state index in [0.717, 1.165) is 33.9 Å². The molecule has 0 amide bonds. The van der Waals surface area contributed by atoms with Crippen molar-refractivity contribution in [2.75, 3.05) is 39.6 Å². The molecule has 3 aromatic carbocycles. The first kappa shape index (κ1) is 17.1. The summed E-state index contributed by atoms with van der Waals surface area (Å²) in [6.07, 6.45) is 0.286. The lowest BCUT2D eigenvalue weighted by Crippen LogP contribution is -2.12. The maximum absolute atomic E-state index is 10.6. The summed E-state index contributed by atoms with van der Waals surface area (Å²) in [5, 5.41) is 13.9.